The highest BCUT2D eigenvalue weighted by Crippen LogP contribution is 2.05. The molecule has 4 nitrogen and oxygen atoms in total. The largest absolute Gasteiger partial charge is 0.284 e. The molecular formula is C18H18N2O2S. The van der Waals surface area contributed by atoms with E-state index in [0.29, 0.717) is 11.1 Å². The third-order valence-corrected chi connectivity index (χ3v) is 4.23. The van der Waals surface area contributed by atoms with Crippen LogP contribution in [0.3, 0.4) is 0 Å². The van der Waals surface area contributed by atoms with Crippen LogP contribution in [-0.2, 0) is 10.9 Å². The van der Waals surface area contributed by atoms with Gasteiger partial charge in [0.05, 0.1) is 0 Å². The lowest BCUT2D eigenvalue weighted by molar-refractivity contribution is 0.0984. The van der Waals surface area contributed by atoms with Crippen molar-refractivity contribution >= 4 is 22.7 Å². The molecule has 0 saturated heterocycles. The van der Waals surface area contributed by atoms with Crippen molar-refractivity contribution in [2.24, 2.45) is 4.36 Å². The monoisotopic (exact) mass is 326 g/mol. The molecule has 2 amide bonds. The van der Waals surface area contributed by atoms with Gasteiger partial charge in [-0.2, -0.15) is 4.36 Å². The first-order valence-corrected chi connectivity index (χ1v) is 8.36. The van der Waals surface area contributed by atoms with E-state index >= 15 is 0 Å². The molecule has 0 aliphatic rings. The summed E-state index contributed by atoms with van der Waals surface area (Å²) in [5, 5.41) is 1.78. The summed E-state index contributed by atoms with van der Waals surface area (Å²) in [6.07, 6.45) is 0. The molecule has 0 aliphatic carbocycles. The lowest BCUT2D eigenvalue weighted by Crippen LogP contribution is -2.25. The first kappa shape index (κ1) is 16.8. The van der Waals surface area contributed by atoms with Crippen molar-refractivity contribution in [2.75, 3.05) is 0 Å². The van der Waals surface area contributed by atoms with Crippen LogP contribution in [0.25, 0.3) is 0 Å². The van der Waals surface area contributed by atoms with Crippen LogP contribution < -0.4 is 4.72 Å². The second-order valence-electron chi connectivity index (χ2n) is 5.07. The van der Waals surface area contributed by atoms with Crippen LogP contribution in [0.5, 0.6) is 0 Å². The van der Waals surface area contributed by atoms with E-state index < -0.39 is 10.9 Å². The fourth-order valence-corrected chi connectivity index (χ4v) is 2.96. The predicted molar refractivity (Wildman–Crippen MR) is 93.9 cm³/mol. The van der Waals surface area contributed by atoms with Crippen molar-refractivity contribution < 1.29 is 9.59 Å². The Labute approximate surface area is 138 Å². The van der Waals surface area contributed by atoms with Crippen molar-refractivity contribution in [3.05, 3.63) is 82.8 Å². The summed E-state index contributed by atoms with van der Waals surface area (Å²) in [6, 6.07) is 17.7. The van der Waals surface area contributed by atoms with Crippen LogP contribution in [0, 0.1) is 0 Å². The molecule has 1 atom stereocenters. The molecule has 0 fully saturated rings. The molecule has 0 bridgehead atoms. The summed E-state index contributed by atoms with van der Waals surface area (Å²) < 4.78 is 6.92. The van der Waals surface area contributed by atoms with Gasteiger partial charge in [-0.15, -0.1) is 0 Å². The molecule has 1 N–H and O–H groups in total. The average molecular weight is 326 g/mol. The molecule has 0 heterocycles. The summed E-state index contributed by atoms with van der Waals surface area (Å²) in [6.45, 7) is 3.80. The van der Waals surface area contributed by atoms with E-state index in [-0.39, 0.29) is 11.8 Å². The topological polar surface area (TPSA) is 58.5 Å². The van der Waals surface area contributed by atoms with Crippen LogP contribution in [0.1, 0.15) is 34.6 Å². The van der Waals surface area contributed by atoms with Gasteiger partial charge < -0.3 is 0 Å². The fraction of sp³-hybridized carbons (Fsp3) is 0.111. The normalized spacial score (nSPS) is 11.6. The molecule has 5 heteroatoms. The van der Waals surface area contributed by atoms with E-state index in [1.54, 1.807) is 53.9 Å². The number of hydrogen-bond acceptors (Lipinski definition) is 2. The first-order valence-electron chi connectivity index (χ1n) is 7.11. The summed E-state index contributed by atoms with van der Waals surface area (Å²) in [5.41, 5.74) is 2.02. The number of nitrogens with zero attached hydrogens (tertiary/aromatic N) is 1. The quantitative estimate of drug-likeness (QED) is 0.926. The number of allylic oxidation sites excluding steroid dienone is 1. The maximum atomic E-state index is 12.2. The van der Waals surface area contributed by atoms with Gasteiger partial charge in [-0.3, -0.25) is 14.3 Å². The summed E-state index contributed by atoms with van der Waals surface area (Å²) in [4.78, 5) is 24.5. The number of benzene rings is 2. The van der Waals surface area contributed by atoms with E-state index in [1.165, 1.54) is 0 Å². The third kappa shape index (κ3) is 5.30. The molecule has 0 radical (unpaired) electrons. The van der Waals surface area contributed by atoms with E-state index in [9.17, 15) is 9.59 Å². The molecule has 2 aromatic rings. The van der Waals surface area contributed by atoms with Gasteiger partial charge in [0.15, 0.2) is 0 Å². The minimum Gasteiger partial charge on any atom is -0.284 e. The number of rotatable bonds is 4. The molecule has 0 saturated carbocycles. The molecule has 2 rings (SSSR count). The smallest absolute Gasteiger partial charge is 0.284 e. The highest BCUT2D eigenvalue weighted by molar-refractivity contribution is 7.89. The van der Waals surface area contributed by atoms with Gasteiger partial charge in [0.25, 0.3) is 11.8 Å². The number of amides is 2. The second-order valence-corrected chi connectivity index (χ2v) is 6.32. The lowest BCUT2D eigenvalue weighted by Gasteiger charge is -2.07. The van der Waals surface area contributed by atoms with Crippen LogP contribution in [0.15, 0.2) is 76.0 Å². The molecule has 0 aromatic heterocycles. The zero-order valence-corrected chi connectivity index (χ0v) is 13.8. The minimum absolute atomic E-state index is 0.254. The van der Waals surface area contributed by atoms with Gasteiger partial charge in [-0.25, -0.2) is 0 Å². The molecular weight excluding hydrogens is 308 g/mol. The Bertz CT molecular complexity index is 749. The molecule has 118 valence electrons. The van der Waals surface area contributed by atoms with E-state index in [0.717, 1.165) is 5.57 Å². The summed E-state index contributed by atoms with van der Waals surface area (Å²) in [7, 11) is -1.00. The third-order valence-electron chi connectivity index (χ3n) is 2.78. The number of carbonyl (C=O) groups excluding carboxylic acids is 2. The Kier molecular flexibility index (Phi) is 6.00. The van der Waals surface area contributed by atoms with Gasteiger partial charge in [-0.05, 0) is 38.1 Å². The maximum Gasteiger partial charge on any atom is 0.284 e. The molecule has 1 unspecified atom stereocenters. The molecule has 2 aromatic carbocycles. The van der Waals surface area contributed by atoms with Gasteiger partial charge in [0.2, 0.25) is 0 Å². The van der Waals surface area contributed by atoms with Crippen LogP contribution >= 0.6 is 0 Å². The summed E-state index contributed by atoms with van der Waals surface area (Å²) >= 11 is 0. The Morgan fingerprint density at radius 3 is 1.96 bits per heavy atom. The molecule has 0 aliphatic heterocycles. The van der Waals surface area contributed by atoms with Crippen molar-refractivity contribution in [2.45, 2.75) is 13.8 Å². The highest BCUT2D eigenvalue weighted by atomic mass is 32.2. The molecule has 0 spiro atoms. The van der Waals surface area contributed by atoms with Crippen LogP contribution in [-0.4, -0.2) is 11.8 Å². The van der Waals surface area contributed by atoms with Crippen molar-refractivity contribution in [3.63, 3.8) is 0 Å². The van der Waals surface area contributed by atoms with Gasteiger partial charge in [-0.1, -0.05) is 42.0 Å². The Balaban J connectivity index is 2.24. The lowest BCUT2D eigenvalue weighted by atomic mass is 10.2. The average Bonchev–Trinajstić information content (AvgIpc) is 2.55. The Morgan fingerprint density at radius 2 is 1.43 bits per heavy atom. The van der Waals surface area contributed by atoms with Gasteiger partial charge in [0, 0.05) is 27.4 Å². The Morgan fingerprint density at radius 1 is 0.913 bits per heavy atom. The zero-order valence-electron chi connectivity index (χ0n) is 13.0. The number of hydrogen-bond donors (Lipinski definition) is 1. The predicted octanol–water partition coefficient (Wildman–Crippen LogP) is 3.90. The second kappa shape index (κ2) is 8.19. The Hall–Kier alpha value is -2.53. The zero-order chi connectivity index (χ0) is 16.7. The number of carbonyl (C=O) groups is 2. The fourth-order valence-electron chi connectivity index (χ4n) is 1.77. The first-order chi connectivity index (χ1) is 11.1. The summed E-state index contributed by atoms with van der Waals surface area (Å²) in [5.74, 6) is -0.601. The highest BCUT2D eigenvalue weighted by Gasteiger charge is 2.09. The van der Waals surface area contributed by atoms with E-state index in [1.807, 2.05) is 26.0 Å². The minimum atomic E-state index is -1.00. The van der Waals surface area contributed by atoms with Crippen molar-refractivity contribution in [3.8, 4) is 0 Å². The van der Waals surface area contributed by atoms with E-state index in [4.69, 9.17) is 0 Å². The van der Waals surface area contributed by atoms with Crippen LogP contribution in [0.2, 0.25) is 0 Å². The van der Waals surface area contributed by atoms with Crippen molar-refractivity contribution in [1.29, 1.82) is 0 Å². The van der Waals surface area contributed by atoms with Gasteiger partial charge in [0.1, 0.15) is 0 Å². The molecule has 23 heavy (non-hydrogen) atoms. The standard InChI is InChI=1S/C18H18N2O2S/c1-14(2)13-23(19-17(21)15-9-5-3-6-10-15)20-18(22)16-11-7-4-8-12-16/h3-13H,1-2H3,(H,19,20,21,22). The maximum absolute atomic E-state index is 12.2. The SMILES string of the molecule is CC(C)=CS(=NC(=O)c1ccccc1)NC(=O)c1ccccc1. The van der Waals surface area contributed by atoms with Crippen molar-refractivity contribution in [1.82, 2.24) is 4.72 Å². The van der Waals surface area contributed by atoms with E-state index in [2.05, 4.69) is 9.08 Å². The van der Waals surface area contributed by atoms with Crippen LogP contribution in [0.4, 0.5) is 0 Å². The number of nitrogens with one attached hydrogen (secondary N) is 1. The van der Waals surface area contributed by atoms with Gasteiger partial charge >= 0.3 is 0 Å².